The highest BCUT2D eigenvalue weighted by molar-refractivity contribution is 6.32. The average Bonchev–Trinajstić information content (AvgIpc) is 2.61. The normalized spacial score (nSPS) is 10.5. The van der Waals surface area contributed by atoms with Crippen LogP contribution in [0.3, 0.4) is 0 Å². The predicted molar refractivity (Wildman–Crippen MR) is 99.0 cm³/mol. The molecule has 0 bridgehead atoms. The van der Waals surface area contributed by atoms with Crippen molar-refractivity contribution in [1.82, 2.24) is 15.0 Å². The van der Waals surface area contributed by atoms with Gasteiger partial charge >= 0.3 is 0 Å². The molecule has 0 unspecified atom stereocenters. The molecule has 0 aliphatic heterocycles. The molecule has 0 aliphatic rings. The Balaban J connectivity index is 1.79. The fraction of sp³-hybridized carbons (Fsp3) is 0.167. The largest absolute Gasteiger partial charge is 0.437 e. The molecule has 2 aromatic heterocycles. The number of hydrogen-bond acceptors (Lipinski definition) is 6. The second-order valence-electron chi connectivity index (χ2n) is 5.63. The molecule has 7 heteroatoms. The van der Waals surface area contributed by atoms with E-state index in [2.05, 4.69) is 20.3 Å². The van der Waals surface area contributed by atoms with Crippen molar-refractivity contribution in [2.75, 3.05) is 11.1 Å². The molecule has 0 saturated carbocycles. The van der Waals surface area contributed by atoms with Gasteiger partial charge in [-0.25, -0.2) is 4.98 Å². The molecule has 3 N–H and O–H groups in total. The Morgan fingerprint density at radius 3 is 2.64 bits per heavy atom. The van der Waals surface area contributed by atoms with E-state index in [4.69, 9.17) is 22.1 Å². The first-order valence-corrected chi connectivity index (χ1v) is 8.10. The number of nitrogens with two attached hydrogens (primary N) is 1. The minimum atomic E-state index is 0.296. The molecule has 0 aliphatic carbocycles. The lowest BCUT2D eigenvalue weighted by Gasteiger charge is -2.13. The lowest BCUT2D eigenvalue weighted by atomic mass is 10.1. The molecular formula is C18H18ClN5O. The molecule has 3 rings (SSSR count). The molecule has 0 amide bonds. The van der Waals surface area contributed by atoms with E-state index in [1.54, 1.807) is 12.4 Å². The molecule has 0 spiro atoms. The summed E-state index contributed by atoms with van der Waals surface area (Å²) in [6, 6.07) is 7.54. The molecule has 3 aromatic rings. The van der Waals surface area contributed by atoms with Gasteiger partial charge in [-0.15, -0.1) is 0 Å². The highest BCUT2D eigenvalue weighted by atomic mass is 35.5. The number of hydrogen-bond donors (Lipinski definition) is 2. The van der Waals surface area contributed by atoms with Gasteiger partial charge in [0.25, 0.3) is 0 Å². The van der Waals surface area contributed by atoms with Gasteiger partial charge in [-0.3, -0.25) is 4.98 Å². The summed E-state index contributed by atoms with van der Waals surface area (Å²) < 4.78 is 5.83. The molecule has 1 aromatic carbocycles. The summed E-state index contributed by atoms with van der Waals surface area (Å²) in [6.45, 7) is 4.40. The summed E-state index contributed by atoms with van der Waals surface area (Å²) in [7, 11) is 0. The van der Waals surface area contributed by atoms with Crippen molar-refractivity contribution < 1.29 is 4.74 Å². The van der Waals surface area contributed by atoms with Gasteiger partial charge in [-0.2, -0.15) is 4.98 Å². The van der Waals surface area contributed by atoms with Crippen LogP contribution in [0.5, 0.6) is 11.6 Å². The van der Waals surface area contributed by atoms with Crippen LogP contribution < -0.4 is 15.8 Å². The van der Waals surface area contributed by atoms with Crippen molar-refractivity contribution >= 4 is 23.1 Å². The van der Waals surface area contributed by atoms with Crippen molar-refractivity contribution in [1.29, 1.82) is 0 Å². The quantitative estimate of drug-likeness (QED) is 0.715. The maximum Gasteiger partial charge on any atom is 0.248 e. The number of halogens is 1. The zero-order valence-corrected chi connectivity index (χ0v) is 14.7. The summed E-state index contributed by atoms with van der Waals surface area (Å²) in [5.41, 5.74) is 9.37. The molecule has 128 valence electrons. The van der Waals surface area contributed by atoms with E-state index in [1.807, 2.05) is 38.1 Å². The second-order valence-corrected chi connectivity index (χ2v) is 6.01. The molecule has 0 fully saturated rings. The van der Waals surface area contributed by atoms with E-state index >= 15 is 0 Å². The first kappa shape index (κ1) is 17.0. The van der Waals surface area contributed by atoms with Crippen LogP contribution in [0.2, 0.25) is 5.02 Å². The molecule has 25 heavy (non-hydrogen) atoms. The third-order valence-corrected chi connectivity index (χ3v) is 4.25. The van der Waals surface area contributed by atoms with Crippen LogP contribution in [0, 0.1) is 13.8 Å². The average molecular weight is 356 g/mol. The van der Waals surface area contributed by atoms with Gasteiger partial charge in [-0.05, 0) is 48.7 Å². The fourth-order valence-corrected chi connectivity index (χ4v) is 2.48. The Kier molecular flexibility index (Phi) is 5.00. The van der Waals surface area contributed by atoms with E-state index in [0.29, 0.717) is 29.7 Å². The van der Waals surface area contributed by atoms with Crippen molar-refractivity contribution in [2.24, 2.45) is 0 Å². The molecule has 0 saturated heterocycles. The van der Waals surface area contributed by atoms with Crippen LogP contribution in [-0.4, -0.2) is 15.0 Å². The Bertz CT molecular complexity index is 863. The standard InChI is InChI=1S/C18H18ClN5O/c1-11-6-14(7-12(2)15(11)19)25-18-16(20)17(23-10-24-18)22-9-13-4-3-5-21-8-13/h3-8,10H,9,20H2,1-2H3,(H,22,23,24). The third-order valence-electron chi connectivity index (χ3n) is 3.65. The van der Waals surface area contributed by atoms with Crippen molar-refractivity contribution in [3.8, 4) is 11.6 Å². The summed E-state index contributed by atoms with van der Waals surface area (Å²) in [5, 5.41) is 3.89. The first-order chi connectivity index (χ1) is 12.0. The number of aryl methyl sites for hydroxylation is 2. The maximum atomic E-state index is 6.19. The number of nitrogens with one attached hydrogen (secondary N) is 1. The number of nitrogen functional groups attached to an aromatic ring is 1. The Hall–Kier alpha value is -2.86. The van der Waals surface area contributed by atoms with Gasteiger partial charge in [0.15, 0.2) is 5.82 Å². The number of benzene rings is 1. The van der Waals surface area contributed by atoms with E-state index in [1.165, 1.54) is 6.33 Å². The van der Waals surface area contributed by atoms with Gasteiger partial charge in [0.05, 0.1) is 0 Å². The van der Waals surface area contributed by atoms with E-state index < -0.39 is 0 Å². The highest BCUT2D eigenvalue weighted by Crippen LogP contribution is 2.32. The topological polar surface area (TPSA) is 86.0 Å². The zero-order valence-electron chi connectivity index (χ0n) is 14.0. The van der Waals surface area contributed by atoms with Gasteiger partial charge in [0, 0.05) is 24.0 Å². The molecular weight excluding hydrogens is 338 g/mol. The van der Waals surface area contributed by atoms with Crippen LogP contribution in [-0.2, 0) is 6.54 Å². The predicted octanol–water partition coefficient (Wildman–Crippen LogP) is 4.13. The van der Waals surface area contributed by atoms with Crippen LogP contribution in [0.25, 0.3) is 0 Å². The van der Waals surface area contributed by atoms with E-state index in [0.717, 1.165) is 21.7 Å². The molecule has 2 heterocycles. The van der Waals surface area contributed by atoms with Gasteiger partial charge in [-0.1, -0.05) is 17.7 Å². The Morgan fingerprint density at radius 1 is 1.20 bits per heavy atom. The lowest BCUT2D eigenvalue weighted by Crippen LogP contribution is -2.07. The number of pyridine rings is 1. The summed E-state index contributed by atoms with van der Waals surface area (Å²) in [4.78, 5) is 12.4. The maximum absolute atomic E-state index is 6.19. The van der Waals surface area contributed by atoms with Crippen LogP contribution in [0.1, 0.15) is 16.7 Å². The third kappa shape index (κ3) is 3.97. The zero-order chi connectivity index (χ0) is 17.8. The van der Waals surface area contributed by atoms with Crippen LogP contribution in [0.4, 0.5) is 11.5 Å². The van der Waals surface area contributed by atoms with Gasteiger partial charge in [0.1, 0.15) is 17.8 Å². The van der Waals surface area contributed by atoms with Crippen molar-refractivity contribution in [2.45, 2.75) is 20.4 Å². The lowest BCUT2D eigenvalue weighted by molar-refractivity contribution is 0.464. The smallest absolute Gasteiger partial charge is 0.248 e. The highest BCUT2D eigenvalue weighted by Gasteiger charge is 2.12. The summed E-state index contributed by atoms with van der Waals surface area (Å²) in [5.74, 6) is 1.43. The fourth-order valence-electron chi connectivity index (χ4n) is 2.37. The summed E-state index contributed by atoms with van der Waals surface area (Å²) in [6.07, 6.45) is 4.92. The van der Waals surface area contributed by atoms with Crippen LogP contribution >= 0.6 is 11.6 Å². The first-order valence-electron chi connectivity index (χ1n) is 7.72. The second kappa shape index (κ2) is 7.36. The minimum absolute atomic E-state index is 0.296. The van der Waals surface area contributed by atoms with Gasteiger partial charge in [0.2, 0.25) is 5.88 Å². The van der Waals surface area contributed by atoms with Gasteiger partial charge < -0.3 is 15.8 Å². The molecule has 0 atom stereocenters. The monoisotopic (exact) mass is 355 g/mol. The number of aromatic nitrogens is 3. The molecule has 6 nitrogen and oxygen atoms in total. The number of rotatable bonds is 5. The number of nitrogens with zero attached hydrogens (tertiary/aromatic N) is 3. The number of anilines is 2. The Labute approximate surface area is 151 Å². The van der Waals surface area contributed by atoms with Crippen molar-refractivity contribution in [3.05, 3.63) is 64.7 Å². The van der Waals surface area contributed by atoms with Crippen molar-refractivity contribution in [3.63, 3.8) is 0 Å². The molecule has 0 radical (unpaired) electrons. The number of ether oxygens (including phenoxy) is 1. The SMILES string of the molecule is Cc1cc(Oc2ncnc(NCc3cccnc3)c2N)cc(C)c1Cl. The van der Waals surface area contributed by atoms with E-state index in [-0.39, 0.29) is 0 Å². The van der Waals surface area contributed by atoms with E-state index in [9.17, 15) is 0 Å². The Morgan fingerprint density at radius 2 is 1.96 bits per heavy atom. The minimum Gasteiger partial charge on any atom is -0.437 e. The van der Waals surface area contributed by atoms with Crippen LogP contribution in [0.15, 0.2) is 43.0 Å². The summed E-state index contributed by atoms with van der Waals surface area (Å²) >= 11 is 6.19.